The summed E-state index contributed by atoms with van der Waals surface area (Å²) in [7, 11) is 0. The summed E-state index contributed by atoms with van der Waals surface area (Å²) in [5, 5.41) is 26.0. The number of aliphatic hydroxyl groups is 1. The van der Waals surface area contributed by atoms with Crippen LogP contribution in [0.25, 0.3) is 11.3 Å². The molecule has 5 rings (SSSR count). The maximum atomic E-state index is 15.2. The van der Waals surface area contributed by atoms with Crippen LogP contribution in [0.2, 0.25) is 0 Å². The van der Waals surface area contributed by atoms with Gasteiger partial charge in [-0.2, -0.15) is 0 Å². The first-order chi connectivity index (χ1) is 37.4. The normalized spacial score (nSPS) is 13.8. The van der Waals surface area contributed by atoms with E-state index < -0.39 is 101 Å². The number of carbonyl (C=O) groups excluding carboxylic acids is 9. The SMILES string of the molecule is CC(C)[C@H](NC(=O)CCNC(=O)[C@@H](N)CCN(C(=O)CO)[C@@H](c1nc(-c2cc(F)ccc2F)cn1Cc1ccccc1)C(C)(C)C)C(=O)N[C@@H](CCCNC(N)=O)C(=O)Nc1ccc(CC(=O)NCCN2C(=O)C=CC2=O)cc1. The fraction of sp³-hybridized carbons (Fsp3) is 0.418. The van der Waals surface area contributed by atoms with Crippen molar-refractivity contribution in [2.24, 2.45) is 22.8 Å². The van der Waals surface area contributed by atoms with Gasteiger partial charge in [0, 0.05) is 75.3 Å². The lowest BCUT2D eigenvalue weighted by atomic mass is 9.84. The molecule has 4 atom stereocenters. The standard InChI is InChI=1S/C55H70F2N12O10/c1-33(2)48(53(78)65-41(12-9-23-62-54(59)79)52(77)63-37-16-13-34(14-17-37)28-44(72)60-25-27-68-45(73)19-20-46(68)74)66-43(71)21-24-61-51(76)40(58)22-26-69(47(75)32-70)49(55(3,4)5)50-64-42(38-29-36(56)15-18-39(38)57)31-67(50)30-35-10-7-6-8-11-35/h6-8,10-11,13-20,29,31,33,40-41,48-49,70H,9,12,21-28,30,32,58H2,1-5H3,(H,60,72)(H,61,76)(H,63,77)(H,65,78)(H,66,71)(H3,59,62,79)/t40-,41-,48-,49-/m0/s1. The second kappa shape index (κ2) is 28.8. The van der Waals surface area contributed by atoms with Crippen molar-refractivity contribution < 1.29 is 57.0 Å². The van der Waals surface area contributed by atoms with Gasteiger partial charge in [-0.25, -0.2) is 18.6 Å². The molecule has 2 heterocycles. The van der Waals surface area contributed by atoms with E-state index in [0.717, 1.165) is 40.8 Å². The smallest absolute Gasteiger partial charge is 0.312 e. The molecule has 24 heteroatoms. The van der Waals surface area contributed by atoms with Gasteiger partial charge in [0.25, 0.3) is 11.8 Å². The summed E-state index contributed by atoms with van der Waals surface area (Å²) in [5.41, 5.74) is 12.6. The van der Waals surface area contributed by atoms with Gasteiger partial charge in [0.05, 0.1) is 24.2 Å². The van der Waals surface area contributed by atoms with Crippen molar-refractivity contribution in [1.29, 1.82) is 0 Å². The van der Waals surface area contributed by atoms with Crippen molar-refractivity contribution in [1.82, 2.24) is 45.9 Å². The molecule has 4 aromatic rings. The average molecular weight is 1100 g/mol. The van der Waals surface area contributed by atoms with Gasteiger partial charge in [0.2, 0.25) is 35.4 Å². The van der Waals surface area contributed by atoms with Crippen LogP contribution >= 0.6 is 0 Å². The highest BCUT2D eigenvalue weighted by Crippen LogP contribution is 2.39. The fourth-order valence-corrected chi connectivity index (χ4v) is 8.67. The molecule has 1 aliphatic rings. The van der Waals surface area contributed by atoms with Gasteiger partial charge in [-0.1, -0.05) is 77.1 Å². The zero-order valence-corrected chi connectivity index (χ0v) is 44.9. The van der Waals surface area contributed by atoms with E-state index in [2.05, 4.69) is 31.9 Å². The largest absolute Gasteiger partial charge is 0.387 e. The first-order valence-electron chi connectivity index (χ1n) is 25.8. The molecule has 0 bridgehead atoms. The number of hydrogen-bond acceptors (Lipinski definition) is 12. The Balaban J connectivity index is 1.17. The summed E-state index contributed by atoms with van der Waals surface area (Å²) in [6.45, 7) is 8.06. The Morgan fingerprint density at radius 3 is 2.10 bits per heavy atom. The molecule has 424 valence electrons. The van der Waals surface area contributed by atoms with Crippen LogP contribution in [0, 0.1) is 23.0 Å². The molecule has 1 aliphatic heterocycles. The minimum absolute atomic E-state index is 0.0166. The quantitative estimate of drug-likeness (QED) is 0.0292. The molecule has 0 radical (unpaired) electrons. The topological polar surface area (TPSA) is 322 Å². The highest BCUT2D eigenvalue weighted by molar-refractivity contribution is 6.12. The Morgan fingerprint density at radius 2 is 1.47 bits per heavy atom. The molecular formula is C55H70F2N12O10. The number of nitrogens with one attached hydrogen (secondary N) is 6. The van der Waals surface area contributed by atoms with Gasteiger partial charge in [-0.15, -0.1) is 0 Å². The number of nitrogens with zero attached hydrogens (tertiary/aromatic N) is 4. The number of anilines is 1. The van der Waals surface area contributed by atoms with E-state index in [9.17, 15) is 52.6 Å². The zero-order valence-electron chi connectivity index (χ0n) is 44.9. The first-order valence-corrected chi connectivity index (χ1v) is 25.8. The third-order valence-electron chi connectivity index (χ3n) is 12.7. The monoisotopic (exact) mass is 1100 g/mol. The number of urea groups is 1. The summed E-state index contributed by atoms with van der Waals surface area (Å²) in [6.07, 6.45) is 3.73. The number of aromatic nitrogens is 2. The Kier molecular flexibility index (Phi) is 22.4. The van der Waals surface area contributed by atoms with Crippen LogP contribution < -0.4 is 43.4 Å². The van der Waals surface area contributed by atoms with Gasteiger partial charge in [0.1, 0.15) is 36.1 Å². The summed E-state index contributed by atoms with van der Waals surface area (Å²) in [6, 6.07) is 13.5. The molecule has 79 heavy (non-hydrogen) atoms. The maximum Gasteiger partial charge on any atom is 0.312 e. The Bertz CT molecular complexity index is 2840. The Labute approximate surface area is 456 Å². The molecule has 0 saturated carbocycles. The van der Waals surface area contributed by atoms with E-state index in [1.54, 1.807) is 48.9 Å². The predicted molar refractivity (Wildman–Crippen MR) is 288 cm³/mol. The number of imide groups is 1. The second-order valence-corrected chi connectivity index (χ2v) is 20.3. The van der Waals surface area contributed by atoms with Gasteiger partial charge >= 0.3 is 6.03 Å². The number of amides is 10. The number of aliphatic hydroxyl groups excluding tert-OH is 1. The van der Waals surface area contributed by atoms with Crippen LogP contribution in [-0.4, -0.2) is 135 Å². The van der Waals surface area contributed by atoms with Crippen LogP contribution in [0.5, 0.6) is 0 Å². The van der Waals surface area contributed by atoms with Crippen LogP contribution in [0.4, 0.5) is 19.3 Å². The third kappa shape index (κ3) is 18.4. The molecule has 11 N–H and O–H groups in total. The number of primary amides is 1. The van der Waals surface area contributed by atoms with Gasteiger partial charge in [-0.05, 0) is 72.1 Å². The van der Waals surface area contributed by atoms with E-state index in [1.165, 1.54) is 4.90 Å². The van der Waals surface area contributed by atoms with Crippen LogP contribution in [0.15, 0.2) is 91.1 Å². The lowest BCUT2D eigenvalue weighted by Crippen LogP contribution is -2.55. The fourth-order valence-electron chi connectivity index (χ4n) is 8.67. The molecular weight excluding hydrogens is 1030 g/mol. The van der Waals surface area contributed by atoms with Gasteiger partial charge < -0.3 is 57.9 Å². The van der Waals surface area contributed by atoms with E-state index in [1.807, 2.05) is 51.1 Å². The van der Waals surface area contributed by atoms with Crippen molar-refractivity contribution in [2.75, 3.05) is 44.6 Å². The molecule has 0 unspecified atom stereocenters. The molecule has 0 spiro atoms. The van der Waals surface area contributed by atoms with Gasteiger partial charge in [-0.3, -0.25) is 43.3 Å². The molecule has 22 nitrogen and oxygen atoms in total. The van der Waals surface area contributed by atoms with Crippen molar-refractivity contribution in [3.8, 4) is 11.3 Å². The molecule has 10 amide bonds. The van der Waals surface area contributed by atoms with Gasteiger partial charge in [0.15, 0.2) is 0 Å². The van der Waals surface area contributed by atoms with Crippen molar-refractivity contribution >= 4 is 59.0 Å². The summed E-state index contributed by atoms with van der Waals surface area (Å²) >= 11 is 0. The maximum absolute atomic E-state index is 15.2. The zero-order chi connectivity index (χ0) is 58.0. The molecule has 3 aromatic carbocycles. The number of rotatable bonds is 28. The summed E-state index contributed by atoms with van der Waals surface area (Å²) in [4.78, 5) is 122. The number of benzene rings is 3. The highest BCUT2D eigenvalue weighted by atomic mass is 19.1. The lowest BCUT2D eigenvalue weighted by molar-refractivity contribution is -0.140. The molecule has 0 aliphatic carbocycles. The molecule has 1 aromatic heterocycles. The third-order valence-corrected chi connectivity index (χ3v) is 12.7. The van der Waals surface area contributed by atoms with E-state index >= 15 is 4.39 Å². The van der Waals surface area contributed by atoms with Crippen molar-refractivity contribution in [3.05, 3.63) is 120 Å². The van der Waals surface area contributed by atoms with Crippen molar-refractivity contribution in [2.45, 2.75) is 97.4 Å². The lowest BCUT2D eigenvalue weighted by Gasteiger charge is -2.40. The number of imidazole rings is 1. The minimum Gasteiger partial charge on any atom is -0.387 e. The average Bonchev–Trinajstić information content (AvgIpc) is 4.20. The number of hydrogen-bond donors (Lipinski definition) is 9. The van der Waals surface area contributed by atoms with E-state index in [-0.39, 0.29) is 88.5 Å². The van der Waals surface area contributed by atoms with Crippen LogP contribution in [0.1, 0.15) is 83.3 Å². The number of halogens is 2. The first kappa shape index (κ1) is 61.5. The molecule has 0 saturated heterocycles. The van der Waals surface area contributed by atoms with Crippen LogP contribution in [0.3, 0.4) is 0 Å². The minimum atomic E-state index is -1.21. The van der Waals surface area contributed by atoms with Crippen LogP contribution in [-0.2, 0) is 51.3 Å². The second-order valence-electron chi connectivity index (χ2n) is 20.3. The van der Waals surface area contributed by atoms with Crippen molar-refractivity contribution in [3.63, 3.8) is 0 Å². The number of nitrogens with two attached hydrogens (primary N) is 2. The summed E-state index contributed by atoms with van der Waals surface area (Å²) < 4.78 is 31.3. The van der Waals surface area contributed by atoms with E-state index in [4.69, 9.17) is 16.5 Å². The predicted octanol–water partition coefficient (Wildman–Crippen LogP) is 2.30. The molecule has 0 fully saturated rings. The Morgan fingerprint density at radius 1 is 0.785 bits per heavy atom. The highest BCUT2D eigenvalue weighted by Gasteiger charge is 2.39. The van der Waals surface area contributed by atoms with E-state index in [0.29, 0.717) is 17.1 Å². The Hall–Kier alpha value is -8.38. The summed E-state index contributed by atoms with van der Waals surface area (Å²) in [5.74, 6) is -6.13. The number of carbonyl (C=O) groups is 9.